The molecule has 0 amide bonds. The molecule has 10 nitrogen and oxygen atoms in total. The number of rotatable bonds is 10. The van der Waals surface area contributed by atoms with Crippen molar-refractivity contribution in [2.45, 2.75) is 164 Å². The highest BCUT2D eigenvalue weighted by Crippen LogP contribution is 2.77. The molecule has 0 aromatic carbocycles. The topological polar surface area (TPSA) is 123 Å². The van der Waals surface area contributed by atoms with Gasteiger partial charge in [-0.05, 0) is 137 Å². The highest BCUT2D eigenvalue weighted by Gasteiger charge is 2.71. The van der Waals surface area contributed by atoms with E-state index in [4.69, 9.17) is 21.3 Å². The molecule has 0 radical (unpaired) electrons. The molecule has 1 aromatic rings. The zero-order chi connectivity index (χ0) is 43.4. The quantitative estimate of drug-likeness (QED) is 0.233. The Hall–Kier alpha value is -2.98. The molecular formula is C48H71ClN4O6. The van der Waals surface area contributed by atoms with E-state index in [1.807, 2.05) is 17.7 Å². The maximum atomic E-state index is 14.7. The number of Topliss-reactive ketones (excluding diaryl/α,β-unsaturated/α-hetero) is 1. The van der Waals surface area contributed by atoms with E-state index in [-0.39, 0.29) is 57.4 Å². The number of likely N-dealkylation sites (N-methyl/N-ethyl adjacent to an activating group) is 1. The number of halogens is 1. The van der Waals surface area contributed by atoms with Gasteiger partial charge in [-0.2, -0.15) is 0 Å². The molecule has 5 aliphatic carbocycles. The number of dihydropyridines is 1. The van der Waals surface area contributed by atoms with Gasteiger partial charge in [0, 0.05) is 42.0 Å². The number of fused-ring (bicyclic) bond motifs is 7. The third-order valence-corrected chi connectivity index (χ3v) is 17.9. The Balaban J connectivity index is 1.27. The van der Waals surface area contributed by atoms with Crippen molar-refractivity contribution in [1.82, 2.24) is 14.3 Å². The molecule has 4 fully saturated rings. The third kappa shape index (κ3) is 6.61. The summed E-state index contributed by atoms with van der Waals surface area (Å²) in [6, 6.07) is 0. The summed E-state index contributed by atoms with van der Waals surface area (Å²) in [5.74, 6) is -0.108. The largest absolute Gasteiger partial charge is 0.481 e. The minimum absolute atomic E-state index is 0.00708. The molecule has 3 unspecified atom stereocenters. The van der Waals surface area contributed by atoms with Gasteiger partial charge in [-0.3, -0.25) is 28.9 Å². The van der Waals surface area contributed by atoms with Crippen LogP contribution in [-0.4, -0.2) is 70.1 Å². The summed E-state index contributed by atoms with van der Waals surface area (Å²) in [6.45, 7) is 23.1. The van der Waals surface area contributed by atoms with Gasteiger partial charge in [0.25, 0.3) is 5.56 Å². The van der Waals surface area contributed by atoms with E-state index in [0.717, 1.165) is 74.7 Å². The van der Waals surface area contributed by atoms with Crippen LogP contribution in [-0.2, 0) is 31.1 Å². The van der Waals surface area contributed by atoms with Crippen LogP contribution in [0.3, 0.4) is 0 Å². The fraction of sp³-hybridized carbons (Fsp3) is 0.771. The summed E-state index contributed by atoms with van der Waals surface area (Å²) in [4.78, 5) is 61.2. The molecule has 59 heavy (non-hydrogen) atoms. The first kappa shape index (κ1) is 44.1. The van der Waals surface area contributed by atoms with E-state index in [1.54, 1.807) is 20.1 Å². The lowest BCUT2D eigenvalue weighted by Gasteiger charge is -2.72. The van der Waals surface area contributed by atoms with Gasteiger partial charge in [-0.15, -0.1) is 0 Å². The van der Waals surface area contributed by atoms with E-state index < -0.39 is 28.9 Å². The molecule has 11 heteroatoms. The maximum Gasteiger partial charge on any atom is 0.309 e. The Labute approximate surface area is 357 Å². The number of hydrogen-bond donors (Lipinski definition) is 1. The SMILES string of the molecule is Cc1c([C@@]23CC[C@]4(C)[C@H](CCC5[C@@]6(C)CC[C@H](OC(=O)CC(C)(C)C(=O)O)C(C)(C)C6CC[C@]54C)C2=C(C(C)C)C(=O)C3)n(CCN(C)C)n(C2CC=C(Cl)C=N2)c1=O. The van der Waals surface area contributed by atoms with Crippen molar-refractivity contribution < 1.29 is 24.2 Å². The lowest BCUT2D eigenvalue weighted by molar-refractivity contribution is -0.232. The van der Waals surface area contributed by atoms with Crippen LogP contribution in [0.15, 0.2) is 32.0 Å². The molecular weight excluding hydrogens is 764 g/mol. The second-order valence-electron chi connectivity index (χ2n) is 22.1. The van der Waals surface area contributed by atoms with Crippen LogP contribution in [0, 0.1) is 57.7 Å². The number of ketones is 1. The molecule has 0 saturated heterocycles. The molecule has 4 saturated carbocycles. The number of esters is 1. The highest BCUT2D eigenvalue weighted by atomic mass is 35.5. The molecule has 326 valence electrons. The molecule has 0 spiro atoms. The number of aliphatic carboxylic acids is 1. The Bertz CT molecular complexity index is 2070. The number of allylic oxidation sites excluding steroid dienone is 3. The number of nitrogens with zero attached hydrogens (tertiary/aromatic N) is 4. The number of aromatic nitrogens is 2. The standard InChI is InChI=1S/C48H71ClN4O6/c1-28(2)38-32(54)25-48(40-29(3)41(56)53(52(40)24-23-51(11)12)36-16-13-30(49)27-50-36)22-21-46(9)31(39(38)48)14-15-34-45(8)19-18-35(59-37(55)26-43(4,5)42(57)58)44(6,7)33(45)17-20-47(34,46)10/h13,27-28,31,33-36H,14-26H2,1-12H3,(H,57,58)/t31-,33?,34?,35+,36?,45+,46-,47-,48-/m1/s1. The number of ether oxygens (including phenoxy) is 1. The number of carbonyl (C=O) groups excluding carboxylic acids is 2. The Kier molecular flexibility index (Phi) is 11.1. The summed E-state index contributed by atoms with van der Waals surface area (Å²) < 4.78 is 10.3. The van der Waals surface area contributed by atoms with Gasteiger partial charge < -0.3 is 14.7 Å². The Morgan fingerprint density at radius 1 is 1.00 bits per heavy atom. The second-order valence-corrected chi connectivity index (χ2v) is 22.6. The van der Waals surface area contributed by atoms with Crippen LogP contribution in [0.25, 0.3) is 0 Å². The van der Waals surface area contributed by atoms with Crippen LogP contribution >= 0.6 is 11.6 Å². The number of hydrogen-bond acceptors (Lipinski definition) is 7. The predicted octanol–water partition coefficient (Wildman–Crippen LogP) is 9.26. The van der Waals surface area contributed by atoms with E-state index in [1.165, 1.54) is 5.57 Å². The second kappa shape index (κ2) is 14.8. The maximum absolute atomic E-state index is 14.7. The number of aliphatic imine (C=N–C) groups is 1. The van der Waals surface area contributed by atoms with Gasteiger partial charge in [0.1, 0.15) is 12.3 Å². The first-order valence-electron chi connectivity index (χ1n) is 22.4. The first-order valence-corrected chi connectivity index (χ1v) is 22.8. The summed E-state index contributed by atoms with van der Waals surface area (Å²) in [5.41, 5.74) is 2.01. The minimum Gasteiger partial charge on any atom is -0.481 e. The van der Waals surface area contributed by atoms with Crippen molar-refractivity contribution >= 4 is 35.5 Å². The molecule has 0 bridgehead atoms. The molecule has 1 aliphatic heterocycles. The smallest absolute Gasteiger partial charge is 0.309 e. The van der Waals surface area contributed by atoms with Crippen LogP contribution < -0.4 is 5.56 Å². The molecule has 6 aliphatic rings. The summed E-state index contributed by atoms with van der Waals surface area (Å²) >= 11 is 6.33. The highest BCUT2D eigenvalue weighted by molar-refractivity contribution is 6.39. The van der Waals surface area contributed by atoms with E-state index in [0.29, 0.717) is 36.3 Å². The fourth-order valence-electron chi connectivity index (χ4n) is 14.5. The average Bonchev–Trinajstić information content (AvgIpc) is 3.58. The normalized spacial score (nSPS) is 36.6. The van der Waals surface area contributed by atoms with Crippen LogP contribution in [0.2, 0.25) is 0 Å². The van der Waals surface area contributed by atoms with E-state index >= 15 is 0 Å². The lowest BCUT2D eigenvalue weighted by Crippen LogP contribution is -2.66. The number of carboxylic acids is 1. The average molecular weight is 836 g/mol. The van der Waals surface area contributed by atoms with Crippen molar-refractivity contribution in [3.05, 3.63) is 43.9 Å². The van der Waals surface area contributed by atoms with Gasteiger partial charge in [0.15, 0.2) is 5.78 Å². The van der Waals surface area contributed by atoms with Crippen molar-refractivity contribution in [2.75, 3.05) is 20.6 Å². The number of carbonyl (C=O) groups is 3. The zero-order valence-corrected chi connectivity index (χ0v) is 38.7. The van der Waals surface area contributed by atoms with E-state index in [9.17, 15) is 24.3 Å². The van der Waals surface area contributed by atoms with Gasteiger partial charge in [0.05, 0.1) is 29.1 Å². The monoisotopic (exact) mass is 835 g/mol. The van der Waals surface area contributed by atoms with Crippen LogP contribution in [0.1, 0.15) is 150 Å². The van der Waals surface area contributed by atoms with Crippen molar-refractivity contribution in [2.24, 2.45) is 55.7 Å². The number of carboxylic acid groups (broad SMARTS) is 1. The molecule has 2 heterocycles. The van der Waals surface area contributed by atoms with Crippen molar-refractivity contribution in [3.63, 3.8) is 0 Å². The van der Waals surface area contributed by atoms with Crippen molar-refractivity contribution in [3.8, 4) is 0 Å². The van der Waals surface area contributed by atoms with Crippen molar-refractivity contribution in [1.29, 1.82) is 0 Å². The van der Waals surface area contributed by atoms with Gasteiger partial charge in [0.2, 0.25) is 0 Å². The summed E-state index contributed by atoms with van der Waals surface area (Å²) in [6.07, 6.45) is 11.4. The summed E-state index contributed by atoms with van der Waals surface area (Å²) in [7, 11) is 4.12. The van der Waals surface area contributed by atoms with Gasteiger partial charge >= 0.3 is 11.9 Å². The Morgan fingerprint density at radius 2 is 1.69 bits per heavy atom. The first-order chi connectivity index (χ1) is 27.4. The predicted molar refractivity (Wildman–Crippen MR) is 233 cm³/mol. The zero-order valence-electron chi connectivity index (χ0n) is 38.0. The van der Waals surface area contributed by atoms with Crippen LogP contribution in [0.5, 0.6) is 0 Å². The molecule has 7 rings (SSSR count). The Morgan fingerprint density at radius 3 is 2.31 bits per heavy atom. The summed E-state index contributed by atoms with van der Waals surface area (Å²) in [5, 5.41) is 10.3. The van der Waals surface area contributed by atoms with Gasteiger partial charge in [-0.25, -0.2) is 4.68 Å². The van der Waals surface area contributed by atoms with Gasteiger partial charge in [-0.1, -0.05) is 66.1 Å². The minimum atomic E-state index is -1.18. The lowest BCUT2D eigenvalue weighted by atomic mass is 9.33. The fourth-order valence-corrected chi connectivity index (χ4v) is 14.6. The van der Waals surface area contributed by atoms with Crippen LogP contribution in [0.4, 0.5) is 0 Å². The molecule has 1 aromatic heterocycles. The third-order valence-electron chi connectivity index (χ3n) is 17.6. The molecule has 9 atom stereocenters. The van der Waals surface area contributed by atoms with E-state index in [2.05, 4.69) is 72.1 Å². The molecule has 1 N–H and O–H groups in total.